The third-order valence-electron chi connectivity index (χ3n) is 8.04. The predicted octanol–water partition coefficient (Wildman–Crippen LogP) is 6.44. The summed E-state index contributed by atoms with van der Waals surface area (Å²) in [7, 11) is 3.34. The van der Waals surface area contributed by atoms with Crippen LogP contribution in [-0.2, 0) is 19.1 Å². The summed E-state index contributed by atoms with van der Waals surface area (Å²) < 4.78 is 25.3. The maximum atomic E-state index is 13.9. The van der Waals surface area contributed by atoms with Gasteiger partial charge in [0.05, 0.1) is 19.8 Å². The van der Waals surface area contributed by atoms with E-state index >= 15 is 0 Å². The van der Waals surface area contributed by atoms with Gasteiger partial charge in [-0.25, -0.2) is 0 Å². The number of amides is 2. The van der Waals surface area contributed by atoms with Gasteiger partial charge in [0.15, 0.2) is 6.10 Å². The molecule has 0 N–H and O–H groups in total. The zero-order valence-electron chi connectivity index (χ0n) is 24.6. The first kappa shape index (κ1) is 30.1. The minimum atomic E-state index is -1.69. The van der Waals surface area contributed by atoms with Crippen molar-refractivity contribution in [3.8, 4) is 11.5 Å². The Bertz CT molecular complexity index is 1420. The van der Waals surface area contributed by atoms with Crippen LogP contribution in [0.4, 0.5) is 5.69 Å². The van der Waals surface area contributed by atoms with Gasteiger partial charge < -0.3 is 23.8 Å². The normalized spacial score (nSPS) is 25.8. The average molecular weight is 638 g/mol. The molecule has 3 aromatic carbocycles. The molecule has 2 amide bonds. The molecule has 2 heterocycles. The maximum Gasteiger partial charge on any atom is 0.282 e. The number of rotatable bonds is 10. The number of ether oxygens (including phenoxy) is 4. The third-order valence-corrected chi connectivity index (χ3v) is 8.53. The monoisotopic (exact) mass is 636 g/mol. The van der Waals surface area contributed by atoms with Crippen LogP contribution in [0.2, 0.25) is 0 Å². The molecule has 0 bridgehead atoms. The average Bonchev–Trinajstić information content (AvgIpc) is 3.01. The van der Waals surface area contributed by atoms with E-state index in [0.717, 1.165) is 28.4 Å². The third kappa shape index (κ3) is 5.65. The molecule has 0 aromatic heterocycles. The van der Waals surface area contributed by atoms with E-state index in [9.17, 15) is 9.59 Å². The van der Waals surface area contributed by atoms with Gasteiger partial charge in [0.1, 0.15) is 23.6 Å². The summed E-state index contributed by atoms with van der Waals surface area (Å²) in [5.74, 6) is -0.975. The predicted molar refractivity (Wildman–Crippen MR) is 164 cm³/mol. The van der Waals surface area contributed by atoms with E-state index in [-0.39, 0.29) is 17.9 Å². The molecule has 0 aliphatic carbocycles. The molecule has 8 nitrogen and oxygen atoms in total. The zero-order chi connectivity index (χ0) is 30.0. The number of unbranched alkanes of at least 4 members (excludes halogenated alkanes) is 1. The number of nitrogens with zero attached hydrogens (tertiary/aromatic N) is 2. The number of likely N-dealkylation sites (N-methyl/N-ethyl adjacent to an activating group) is 1. The van der Waals surface area contributed by atoms with Gasteiger partial charge in [-0.15, -0.1) is 0 Å². The highest BCUT2D eigenvalue weighted by Gasteiger charge is 2.58. The fraction of sp³-hybridized carbons (Fsp3) is 0.394. The molecule has 9 heteroatoms. The van der Waals surface area contributed by atoms with E-state index in [1.54, 1.807) is 30.9 Å². The molecule has 0 radical (unpaired) electrons. The van der Waals surface area contributed by atoms with Crippen LogP contribution in [0.15, 0.2) is 77.3 Å². The molecule has 2 fully saturated rings. The lowest BCUT2D eigenvalue weighted by Crippen LogP contribution is -2.67. The maximum absolute atomic E-state index is 13.9. The molecule has 0 saturated carbocycles. The van der Waals surface area contributed by atoms with Crippen molar-refractivity contribution in [3.05, 3.63) is 88.4 Å². The Morgan fingerprint density at radius 2 is 1.74 bits per heavy atom. The highest BCUT2D eigenvalue weighted by atomic mass is 79.9. The second-order valence-corrected chi connectivity index (χ2v) is 11.7. The molecule has 0 unspecified atom stereocenters. The highest BCUT2D eigenvalue weighted by Crippen LogP contribution is 2.48. The van der Waals surface area contributed by atoms with Crippen molar-refractivity contribution in [1.29, 1.82) is 0 Å². The van der Waals surface area contributed by atoms with Crippen LogP contribution in [0, 0.1) is 0 Å². The number of hydrogen-bond acceptors (Lipinski definition) is 6. The summed E-state index contributed by atoms with van der Waals surface area (Å²) in [5.41, 5.74) is 2.39. The van der Waals surface area contributed by atoms with E-state index in [0.29, 0.717) is 23.8 Å². The van der Waals surface area contributed by atoms with E-state index in [1.807, 2.05) is 79.7 Å². The van der Waals surface area contributed by atoms with Crippen molar-refractivity contribution in [2.45, 2.75) is 63.7 Å². The van der Waals surface area contributed by atoms with E-state index in [1.165, 1.54) is 0 Å². The van der Waals surface area contributed by atoms with Crippen LogP contribution < -0.4 is 14.4 Å². The molecule has 42 heavy (non-hydrogen) atoms. The number of halogens is 1. The standard InChI is InChI=1S/C33H37BrN2O6/c1-6-7-19-40-27-20-23(34)13-18-26(27)28-30(31(37)36(28)24-14-16-25(39-5)17-15-24)42-33(3)32(38)35(4)21(2)29(41-33)22-11-9-8-10-12-22/h8-18,20-21,28-30H,6-7,19H2,1-5H3/t21-,28+,29-,30-,33+/m0/s1. The minimum Gasteiger partial charge on any atom is -0.497 e. The van der Waals surface area contributed by atoms with Gasteiger partial charge in [-0.1, -0.05) is 65.7 Å². The minimum absolute atomic E-state index is 0.231. The Hall–Kier alpha value is -3.40. The highest BCUT2D eigenvalue weighted by molar-refractivity contribution is 9.10. The second kappa shape index (κ2) is 12.5. The number of β-lactam (4-membered cyclic amide) rings is 1. The Morgan fingerprint density at radius 3 is 2.40 bits per heavy atom. The number of methoxy groups -OCH3 is 1. The van der Waals surface area contributed by atoms with Gasteiger partial charge in [0.25, 0.3) is 11.8 Å². The Balaban J connectivity index is 1.52. The number of hydrogen-bond donors (Lipinski definition) is 0. The number of anilines is 1. The number of benzene rings is 3. The van der Waals surface area contributed by atoms with Gasteiger partial charge in [-0.05, 0) is 62.2 Å². The van der Waals surface area contributed by atoms with Crippen molar-refractivity contribution in [1.82, 2.24) is 4.90 Å². The van der Waals surface area contributed by atoms with Crippen LogP contribution in [-0.4, -0.2) is 55.4 Å². The van der Waals surface area contributed by atoms with Gasteiger partial charge in [0, 0.05) is 22.8 Å². The molecule has 5 rings (SSSR count). The number of carbonyl (C=O) groups excluding carboxylic acids is 2. The summed E-state index contributed by atoms with van der Waals surface area (Å²) in [5, 5.41) is 0. The molecule has 2 aliphatic heterocycles. The molecule has 2 saturated heterocycles. The molecule has 3 aromatic rings. The SMILES string of the molecule is CCCCOc1cc(Br)ccc1[C@@H]1[C@H](O[C@@]2(C)O[C@H](c3ccccc3)[C@H](C)N(C)C2=O)C(=O)N1c1ccc(OC)cc1. The van der Waals surface area contributed by atoms with Crippen molar-refractivity contribution in [2.75, 3.05) is 25.7 Å². The molecule has 2 aliphatic rings. The molecular formula is C33H37BrN2O6. The lowest BCUT2D eigenvalue weighted by atomic mass is 9.88. The summed E-state index contributed by atoms with van der Waals surface area (Å²) >= 11 is 3.56. The van der Waals surface area contributed by atoms with E-state index in [2.05, 4.69) is 22.9 Å². The van der Waals surface area contributed by atoms with Gasteiger partial charge >= 0.3 is 0 Å². The summed E-state index contributed by atoms with van der Waals surface area (Å²) in [4.78, 5) is 30.9. The van der Waals surface area contributed by atoms with Gasteiger partial charge in [-0.3, -0.25) is 14.5 Å². The molecule has 0 spiro atoms. The van der Waals surface area contributed by atoms with Crippen molar-refractivity contribution in [2.24, 2.45) is 0 Å². The topological polar surface area (TPSA) is 77.5 Å². The molecular weight excluding hydrogens is 600 g/mol. The van der Waals surface area contributed by atoms with Crippen LogP contribution in [0.1, 0.15) is 56.9 Å². The number of carbonyl (C=O) groups is 2. The lowest BCUT2D eigenvalue weighted by molar-refractivity contribution is -0.290. The molecule has 5 atom stereocenters. The first-order valence-electron chi connectivity index (χ1n) is 14.3. The van der Waals surface area contributed by atoms with E-state index < -0.39 is 24.0 Å². The van der Waals surface area contributed by atoms with Crippen LogP contribution in [0.5, 0.6) is 11.5 Å². The lowest BCUT2D eigenvalue weighted by Gasteiger charge is -2.52. The van der Waals surface area contributed by atoms with Gasteiger partial charge in [-0.2, -0.15) is 0 Å². The fourth-order valence-corrected chi connectivity index (χ4v) is 5.86. The smallest absolute Gasteiger partial charge is 0.282 e. The Labute approximate surface area is 255 Å². The quantitative estimate of drug-likeness (QED) is 0.188. The van der Waals surface area contributed by atoms with Gasteiger partial charge in [0.2, 0.25) is 5.79 Å². The van der Waals surface area contributed by atoms with Crippen molar-refractivity contribution >= 4 is 33.4 Å². The molecule has 222 valence electrons. The summed E-state index contributed by atoms with van der Waals surface area (Å²) in [6, 6.07) is 22.0. The van der Waals surface area contributed by atoms with E-state index in [4.69, 9.17) is 18.9 Å². The van der Waals surface area contributed by atoms with Crippen molar-refractivity contribution in [3.63, 3.8) is 0 Å². The first-order chi connectivity index (χ1) is 20.2. The van der Waals surface area contributed by atoms with Crippen LogP contribution in [0.25, 0.3) is 0 Å². The summed E-state index contributed by atoms with van der Waals surface area (Å²) in [6.07, 6.45) is 0.449. The Kier molecular flexibility index (Phi) is 8.92. The number of morpholine rings is 1. The van der Waals surface area contributed by atoms with Crippen LogP contribution in [0.3, 0.4) is 0 Å². The van der Waals surface area contributed by atoms with Crippen molar-refractivity contribution < 1.29 is 28.5 Å². The Morgan fingerprint density at radius 1 is 1.02 bits per heavy atom. The van der Waals surface area contributed by atoms with Crippen LogP contribution >= 0.6 is 15.9 Å². The largest absolute Gasteiger partial charge is 0.497 e. The first-order valence-corrected chi connectivity index (χ1v) is 15.0. The second-order valence-electron chi connectivity index (χ2n) is 10.8. The summed E-state index contributed by atoms with van der Waals surface area (Å²) in [6.45, 7) is 6.19. The zero-order valence-corrected chi connectivity index (χ0v) is 26.2. The fourth-order valence-electron chi connectivity index (χ4n) is 5.52.